The van der Waals surface area contributed by atoms with Gasteiger partial charge in [0.1, 0.15) is 5.75 Å². The molecule has 19 heavy (non-hydrogen) atoms. The Labute approximate surface area is 120 Å². The van der Waals surface area contributed by atoms with Gasteiger partial charge in [-0.2, -0.15) is 0 Å². The molecule has 1 heterocycles. The van der Waals surface area contributed by atoms with Crippen molar-refractivity contribution >= 4 is 34.9 Å². The first-order valence-corrected chi connectivity index (χ1v) is 6.52. The van der Waals surface area contributed by atoms with Crippen LogP contribution >= 0.6 is 23.8 Å². The molecule has 0 radical (unpaired) electrons. The van der Waals surface area contributed by atoms with Gasteiger partial charge in [0, 0.05) is 11.1 Å². The zero-order valence-electron chi connectivity index (χ0n) is 10.2. The second-order valence-corrected chi connectivity index (χ2v) is 4.95. The number of aromatic nitrogens is 2. The Hall–Kier alpha value is -1.78. The van der Waals surface area contributed by atoms with E-state index in [-0.39, 0.29) is 0 Å². The highest BCUT2D eigenvalue weighted by Crippen LogP contribution is 2.24. The lowest BCUT2D eigenvalue weighted by atomic mass is 10.2. The van der Waals surface area contributed by atoms with Gasteiger partial charge in [-0.05, 0) is 42.5 Å². The van der Waals surface area contributed by atoms with Crippen molar-refractivity contribution in [3.8, 4) is 11.4 Å². The number of fused-ring (bicyclic) bond motifs is 1. The second kappa shape index (κ2) is 4.72. The molecular weight excluding hydrogens is 280 g/mol. The number of rotatable bonds is 2. The van der Waals surface area contributed by atoms with Crippen LogP contribution in [0.2, 0.25) is 5.02 Å². The molecule has 2 aromatic carbocycles. The monoisotopic (exact) mass is 290 g/mol. The Morgan fingerprint density at radius 2 is 2.05 bits per heavy atom. The first-order valence-electron chi connectivity index (χ1n) is 5.74. The van der Waals surface area contributed by atoms with Crippen molar-refractivity contribution in [2.75, 3.05) is 7.11 Å². The summed E-state index contributed by atoms with van der Waals surface area (Å²) in [5, 5.41) is 0.682. The van der Waals surface area contributed by atoms with Gasteiger partial charge in [-0.3, -0.25) is 4.57 Å². The highest BCUT2D eigenvalue weighted by molar-refractivity contribution is 7.71. The lowest BCUT2D eigenvalue weighted by molar-refractivity contribution is 0.414. The second-order valence-electron chi connectivity index (χ2n) is 4.13. The minimum absolute atomic E-state index is 0.630. The van der Waals surface area contributed by atoms with Gasteiger partial charge in [0.05, 0.1) is 23.8 Å². The van der Waals surface area contributed by atoms with Crippen LogP contribution in [0.3, 0.4) is 0 Å². The van der Waals surface area contributed by atoms with Crippen LogP contribution in [0.5, 0.6) is 5.75 Å². The summed E-state index contributed by atoms with van der Waals surface area (Å²) in [5.41, 5.74) is 2.86. The summed E-state index contributed by atoms with van der Waals surface area (Å²) >= 11 is 11.4. The number of H-pyrrole nitrogens is 1. The summed E-state index contributed by atoms with van der Waals surface area (Å²) in [7, 11) is 1.65. The maximum atomic E-state index is 5.99. The molecule has 0 aliphatic rings. The zero-order valence-corrected chi connectivity index (χ0v) is 11.8. The molecular formula is C14H11ClN2OS. The molecule has 1 N–H and O–H groups in total. The SMILES string of the molecule is COc1cccc(-n2c(=S)[nH]c3cc(Cl)ccc32)c1. The molecule has 96 valence electrons. The summed E-state index contributed by atoms with van der Waals surface area (Å²) in [6.07, 6.45) is 0. The van der Waals surface area contributed by atoms with Gasteiger partial charge in [-0.25, -0.2) is 0 Å². The molecule has 1 aromatic heterocycles. The number of hydrogen-bond donors (Lipinski definition) is 1. The predicted molar refractivity (Wildman–Crippen MR) is 80.0 cm³/mol. The molecule has 0 fully saturated rings. The van der Waals surface area contributed by atoms with E-state index < -0.39 is 0 Å². The standard InChI is InChI=1S/C14H11ClN2OS/c1-18-11-4-2-3-10(8-11)17-13-6-5-9(15)7-12(13)16-14(17)19/h2-8H,1H3,(H,16,19). The average Bonchev–Trinajstić information content (AvgIpc) is 2.73. The molecule has 0 unspecified atom stereocenters. The maximum Gasteiger partial charge on any atom is 0.182 e. The zero-order chi connectivity index (χ0) is 13.4. The van der Waals surface area contributed by atoms with E-state index in [1.807, 2.05) is 47.0 Å². The molecule has 0 saturated heterocycles. The van der Waals surface area contributed by atoms with Gasteiger partial charge in [0.25, 0.3) is 0 Å². The predicted octanol–water partition coefficient (Wildman–Crippen LogP) is 4.35. The van der Waals surface area contributed by atoms with Crippen molar-refractivity contribution < 1.29 is 4.74 Å². The van der Waals surface area contributed by atoms with E-state index in [1.54, 1.807) is 7.11 Å². The van der Waals surface area contributed by atoms with Crippen LogP contribution < -0.4 is 4.74 Å². The maximum absolute atomic E-state index is 5.99. The lowest BCUT2D eigenvalue weighted by Gasteiger charge is -2.06. The van der Waals surface area contributed by atoms with Crippen molar-refractivity contribution in [2.45, 2.75) is 0 Å². The van der Waals surface area contributed by atoms with Gasteiger partial charge in [0.2, 0.25) is 0 Å². The molecule has 0 spiro atoms. The first-order chi connectivity index (χ1) is 9.19. The Balaban J connectivity index is 2.29. The molecule has 0 aliphatic carbocycles. The number of nitrogens with zero attached hydrogens (tertiary/aromatic N) is 1. The van der Waals surface area contributed by atoms with Gasteiger partial charge in [0.15, 0.2) is 4.77 Å². The number of imidazole rings is 1. The van der Waals surface area contributed by atoms with Crippen LogP contribution in [0.15, 0.2) is 42.5 Å². The van der Waals surface area contributed by atoms with Gasteiger partial charge in [-0.15, -0.1) is 0 Å². The Bertz CT molecular complexity index is 807. The summed E-state index contributed by atoms with van der Waals surface area (Å²) < 4.78 is 7.84. The van der Waals surface area contributed by atoms with Crippen molar-refractivity contribution in [3.63, 3.8) is 0 Å². The number of benzene rings is 2. The fraction of sp³-hybridized carbons (Fsp3) is 0.0714. The van der Waals surface area contributed by atoms with Crippen LogP contribution in [0.25, 0.3) is 16.7 Å². The minimum atomic E-state index is 0.630. The van der Waals surface area contributed by atoms with Crippen LogP contribution in [0.4, 0.5) is 0 Å². The molecule has 0 atom stereocenters. The number of nitrogens with one attached hydrogen (secondary N) is 1. The van der Waals surface area contributed by atoms with E-state index in [0.717, 1.165) is 22.5 Å². The van der Waals surface area contributed by atoms with Crippen molar-refractivity contribution in [1.82, 2.24) is 9.55 Å². The smallest absolute Gasteiger partial charge is 0.182 e. The molecule has 0 saturated carbocycles. The van der Waals surface area contributed by atoms with Crippen molar-refractivity contribution in [2.24, 2.45) is 0 Å². The quantitative estimate of drug-likeness (QED) is 0.711. The molecule has 3 aromatic rings. The highest BCUT2D eigenvalue weighted by Gasteiger charge is 2.07. The fourth-order valence-corrected chi connectivity index (χ4v) is 2.58. The lowest BCUT2D eigenvalue weighted by Crippen LogP contribution is -1.94. The van der Waals surface area contributed by atoms with Crippen LogP contribution in [-0.2, 0) is 0 Å². The number of methoxy groups -OCH3 is 1. The fourth-order valence-electron chi connectivity index (χ4n) is 2.09. The third-order valence-electron chi connectivity index (χ3n) is 2.96. The summed E-state index contributed by atoms with van der Waals surface area (Å²) in [6.45, 7) is 0. The molecule has 0 amide bonds. The van der Waals surface area contributed by atoms with E-state index in [0.29, 0.717) is 9.79 Å². The largest absolute Gasteiger partial charge is 0.497 e. The molecule has 0 bridgehead atoms. The van der Waals surface area contributed by atoms with E-state index in [9.17, 15) is 0 Å². The van der Waals surface area contributed by atoms with E-state index in [4.69, 9.17) is 28.6 Å². The van der Waals surface area contributed by atoms with Crippen molar-refractivity contribution in [3.05, 3.63) is 52.3 Å². The highest BCUT2D eigenvalue weighted by atomic mass is 35.5. The normalized spacial score (nSPS) is 10.8. The Morgan fingerprint density at radius 1 is 1.21 bits per heavy atom. The topological polar surface area (TPSA) is 29.9 Å². The number of hydrogen-bond acceptors (Lipinski definition) is 2. The minimum Gasteiger partial charge on any atom is -0.497 e. The third-order valence-corrected chi connectivity index (χ3v) is 3.48. The summed E-state index contributed by atoms with van der Waals surface area (Å²) in [6, 6.07) is 13.4. The Kier molecular flexibility index (Phi) is 3.05. The average molecular weight is 291 g/mol. The molecule has 0 aliphatic heterocycles. The van der Waals surface area contributed by atoms with Crippen LogP contribution in [0, 0.1) is 4.77 Å². The number of aromatic amines is 1. The van der Waals surface area contributed by atoms with E-state index in [2.05, 4.69) is 4.98 Å². The molecule has 3 nitrogen and oxygen atoms in total. The van der Waals surface area contributed by atoms with E-state index in [1.165, 1.54) is 0 Å². The summed E-state index contributed by atoms with van der Waals surface area (Å²) in [4.78, 5) is 3.16. The van der Waals surface area contributed by atoms with E-state index >= 15 is 0 Å². The number of halogens is 1. The van der Waals surface area contributed by atoms with Gasteiger partial charge >= 0.3 is 0 Å². The number of ether oxygens (including phenoxy) is 1. The van der Waals surface area contributed by atoms with Crippen LogP contribution in [-0.4, -0.2) is 16.7 Å². The first kappa shape index (κ1) is 12.3. The molecule has 3 rings (SSSR count). The van der Waals surface area contributed by atoms with Crippen molar-refractivity contribution in [1.29, 1.82) is 0 Å². The Morgan fingerprint density at radius 3 is 2.84 bits per heavy atom. The summed E-state index contributed by atoms with van der Waals surface area (Å²) in [5.74, 6) is 0.794. The van der Waals surface area contributed by atoms with Crippen LogP contribution in [0.1, 0.15) is 0 Å². The van der Waals surface area contributed by atoms with Gasteiger partial charge < -0.3 is 9.72 Å². The molecule has 5 heteroatoms. The van der Waals surface area contributed by atoms with Gasteiger partial charge in [-0.1, -0.05) is 17.7 Å². The third kappa shape index (κ3) is 2.13.